The Morgan fingerprint density at radius 3 is 3.22 bits per heavy atom. The quantitative estimate of drug-likeness (QED) is 0.686. The largest absolute Gasteiger partial charge is 0.394 e. The summed E-state index contributed by atoms with van der Waals surface area (Å²) in [5.41, 5.74) is 0.910. The monoisotopic (exact) mass is 254 g/mol. The van der Waals surface area contributed by atoms with Crippen molar-refractivity contribution in [1.82, 2.24) is 20.3 Å². The predicted molar refractivity (Wildman–Crippen MR) is 67.0 cm³/mol. The van der Waals surface area contributed by atoms with Gasteiger partial charge in [-0.15, -0.1) is 5.10 Å². The van der Waals surface area contributed by atoms with Gasteiger partial charge in [0.2, 0.25) is 0 Å². The van der Waals surface area contributed by atoms with Gasteiger partial charge in [-0.1, -0.05) is 5.21 Å². The van der Waals surface area contributed by atoms with Crippen molar-refractivity contribution in [3.8, 4) is 0 Å². The van der Waals surface area contributed by atoms with Crippen LogP contribution in [0.5, 0.6) is 0 Å². The highest BCUT2D eigenvalue weighted by Crippen LogP contribution is 2.14. The van der Waals surface area contributed by atoms with E-state index in [0.29, 0.717) is 12.6 Å². The Morgan fingerprint density at radius 2 is 2.44 bits per heavy atom. The summed E-state index contributed by atoms with van der Waals surface area (Å²) in [7, 11) is 0. The molecule has 2 heterocycles. The maximum absolute atomic E-state index is 8.77. The fourth-order valence-corrected chi connectivity index (χ4v) is 2.15. The maximum atomic E-state index is 8.77. The zero-order valence-corrected chi connectivity index (χ0v) is 10.7. The number of hydrogen-bond acceptors (Lipinski definition) is 5. The van der Waals surface area contributed by atoms with Gasteiger partial charge in [0.25, 0.3) is 0 Å². The average Bonchev–Trinajstić information content (AvgIpc) is 2.84. The zero-order chi connectivity index (χ0) is 12.6. The third-order valence-electron chi connectivity index (χ3n) is 3.14. The van der Waals surface area contributed by atoms with Gasteiger partial charge in [0.05, 0.1) is 24.9 Å². The number of rotatable bonds is 7. The Hall–Kier alpha value is -0.980. The van der Waals surface area contributed by atoms with Gasteiger partial charge < -0.3 is 15.2 Å². The molecule has 0 aromatic carbocycles. The molecular weight excluding hydrogens is 232 g/mol. The minimum absolute atomic E-state index is 0.0925. The first-order chi connectivity index (χ1) is 8.88. The van der Waals surface area contributed by atoms with Crippen LogP contribution in [0.15, 0.2) is 6.20 Å². The molecule has 0 amide bonds. The maximum Gasteiger partial charge on any atom is 0.0964 e. The molecule has 0 radical (unpaired) electrons. The molecule has 2 N–H and O–H groups in total. The van der Waals surface area contributed by atoms with Gasteiger partial charge in [-0.3, -0.25) is 0 Å². The molecule has 1 fully saturated rings. The molecule has 18 heavy (non-hydrogen) atoms. The van der Waals surface area contributed by atoms with Crippen LogP contribution < -0.4 is 5.32 Å². The Labute approximate surface area is 107 Å². The molecule has 2 rings (SSSR count). The Kier molecular flexibility index (Phi) is 5.57. The number of aromatic nitrogens is 3. The lowest BCUT2D eigenvalue weighted by atomic mass is 10.1. The Balaban J connectivity index is 1.59. The lowest BCUT2D eigenvalue weighted by molar-refractivity contribution is 0.0115. The van der Waals surface area contributed by atoms with Gasteiger partial charge in [-0.05, 0) is 32.2 Å². The Bertz CT molecular complexity index is 337. The van der Waals surface area contributed by atoms with Gasteiger partial charge in [-0.25, -0.2) is 4.68 Å². The molecule has 1 unspecified atom stereocenters. The summed E-state index contributed by atoms with van der Waals surface area (Å²) >= 11 is 0. The summed E-state index contributed by atoms with van der Waals surface area (Å²) in [6, 6.07) is 0. The number of aliphatic hydroxyl groups is 1. The highest BCUT2D eigenvalue weighted by molar-refractivity contribution is 4.91. The van der Waals surface area contributed by atoms with Gasteiger partial charge in [0, 0.05) is 19.3 Å². The third kappa shape index (κ3) is 4.36. The molecule has 1 aromatic rings. The smallest absolute Gasteiger partial charge is 0.0964 e. The number of nitrogens with one attached hydrogen (secondary N) is 1. The summed E-state index contributed by atoms with van der Waals surface area (Å²) in [6.45, 7) is 3.17. The van der Waals surface area contributed by atoms with Crippen molar-refractivity contribution in [2.24, 2.45) is 0 Å². The van der Waals surface area contributed by atoms with E-state index in [1.165, 1.54) is 19.3 Å². The van der Waals surface area contributed by atoms with Crippen LogP contribution in [0, 0.1) is 0 Å². The molecule has 0 aliphatic carbocycles. The lowest BCUT2D eigenvalue weighted by Gasteiger charge is -2.22. The topological polar surface area (TPSA) is 72.2 Å². The fourth-order valence-electron chi connectivity index (χ4n) is 2.15. The molecule has 6 heteroatoms. The van der Waals surface area contributed by atoms with Crippen molar-refractivity contribution < 1.29 is 9.84 Å². The second-order valence-corrected chi connectivity index (χ2v) is 4.65. The fraction of sp³-hybridized carbons (Fsp3) is 0.833. The second-order valence-electron chi connectivity index (χ2n) is 4.65. The van der Waals surface area contributed by atoms with Crippen LogP contribution in [0.3, 0.4) is 0 Å². The lowest BCUT2D eigenvalue weighted by Crippen LogP contribution is -2.25. The van der Waals surface area contributed by atoms with Crippen LogP contribution in [0.25, 0.3) is 0 Å². The standard InChI is InChI=1S/C12H22N4O2/c17-7-6-16-10-11(14-15-16)9-13-5-4-12-3-1-2-8-18-12/h10,12-13,17H,1-9H2. The van der Waals surface area contributed by atoms with Gasteiger partial charge in [-0.2, -0.15) is 0 Å². The minimum atomic E-state index is 0.0925. The Morgan fingerprint density at radius 1 is 1.50 bits per heavy atom. The number of nitrogens with zero attached hydrogens (tertiary/aromatic N) is 3. The SMILES string of the molecule is OCCn1cc(CNCCC2CCCCO2)nn1. The van der Waals surface area contributed by atoms with Gasteiger partial charge >= 0.3 is 0 Å². The molecule has 0 bridgehead atoms. The first-order valence-corrected chi connectivity index (χ1v) is 6.70. The molecule has 1 aliphatic rings. The summed E-state index contributed by atoms with van der Waals surface area (Å²) < 4.78 is 7.32. The van der Waals surface area contributed by atoms with E-state index in [4.69, 9.17) is 9.84 Å². The average molecular weight is 254 g/mol. The van der Waals surface area contributed by atoms with E-state index in [0.717, 1.165) is 31.8 Å². The minimum Gasteiger partial charge on any atom is -0.394 e. The van der Waals surface area contributed by atoms with E-state index >= 15 is 0 Å². The van der Waals surface area contributed by atoms with Crippen molar-refractivity contribution in [3.63, 3.8) is 0 Å². The van der Waals surface area contributed by atoms with Crippen LogP contribution in [-0.2, 0) is 17.8 Å². The highest BCUT2D eigenvalue weighted by Gasteiger charge is 2.12. The third-order valence-corrected chi connectivity index (χ3v) is 3.14. The van der Waals surface area contributed by atoms with Crippen molar-refractivity contribution in [2.45, 2.75) is 44.9 Å². The summed E-state index contributed by atoms with van der Waals surface area (Å²) in [4.78, 5) is 0. The van der Waals surface area contributed by atoms with Crippen LogP contribution in [0.2, 0.25) is 0 Å². The molecule has 0 saturated carbocycles. The van der Waals surface area contributed by atoms with Gasteiger partial charge in [0.15, 0.2) is 0 Å². The molecule has 102 valence electrons. The zero-order valence-electron chi connectivity index (χ0n) is 10.7. The van der Waals surface area contributed by atoms with Crippen molar-refractivity contribution in [1.29, 1.82) is 0 Å². The van der Waals surface area contributed by atoms with Crippen molar-refractivity contribution in [3.05, 3.63) is 11.9 Å². The molecule has 1 aliphatic heterocycles. The summed E-state index contributed by atoms with van der Waals surface area (Å²) in [5.74, 6) is 0. The normalized spacial score (nSPS) is 20.2. The van der Waals surface area contributed by atoms with E-state index in [2.05, 4.69) is 15.6 Å². The number of aliphatic hydroxyl groups excluding tert-OH is 1. The van der Waals surface area contributed by atoms with E-state index < -0.39 is 0 Å². The van der Waals surface area contributed by atoms with Crippen LogP contribution in [0.1, 0.15) is 31.4 Å². The molecule has 0 spiro atoms. The van der Waals surface area contributed by atoms with Crippen LogP contribution in [0.4, 0.5) is 0 Å². The van der Waals surface area contributed by atoms with Crippen molar-refractivity contribution >= 4 is 0 Å². The first kappa shape index (κ1) is 13.5. The number of ether oxygens (including phenoxy) is 1. The molecule has 1 saturated heterocycles. The van der Waals surface area contributed by atoms with E-state index in [1.807, 2.05) is 6.20 Å². The molecule has 1 aromatic heterocycles. The van der Waals surface area contributed by atoms with E-state index in [9.17, 15) is 0 Å². The summed E-state index contributed by atoms with van der Waals surface area (Å²) in [6.07, 6.45) is 7.04. The predicted octanol–water partition coefficient (Wildman–Crippen LogP) is 0.319. The first-order valence-electron chi connectivity index (χ1n) is 6.70. The summed E-state index contributed by atoms with van der Waals surface area (Å²) in [5, 5.41) is 20.1. The van der Waals surface area contributed by atoms with E-state index in [1.54, 1.807) is 4.68 Å². The second kappa shape index (κ2) is 7.45. The van der Waals surface area contributed by atoms with E-state index in [-0.39, 0.29) is 6.61 Å². The van der Waals surface area contributed by atoms with Gasteiger partial charge in [0.1, 0.15) is 0 Å². The molecule has 6 nitrogen and oxygen atoms in total. The van der Waals surface area contributed by atoms with Crippen LogP contribution >= 0.6 is 0 Å². The molecule has 1 atom stereocenters. The molecular formula is C12H22N4O2. The number of hydrogen-bond donors (Lipinski definition) is 2. The van der Waals surface area contributed by atoms with Crippen molar-refractivity contribution in [2.75, 3.05) is 19.8 Å². The highest BCUT2D eigenvalue weighted by atomic mass is 16.5. The van der Waals surface area contributed by atoms with Crippen LogP contribution in [-0.4, -0.2) is 46.0 Å².